The molecule has 0 N–H and O–H groups in total. The lowest BCUT2D eigenvalue weighted by molar-refractivity contribution is -0.204. The van der Waals surface area contributed by atoms with Crippen LogP contribution in [0, 0.1) is 11.7 Å². The first-order valence-corrected chi connectivity index (χ1v) is 9.79. The molecular formula is C21H32F2O2. The summed E-state index contributed by atoms with van der Waals surface area (Å²) in [5.74, 6) is 0.393. The van der Waals surface area contributed by atoms with Gasteiger partial charge in [-0.05, 0) is 68.6 Å². The molecule has 1 fully saturated rings. The third kappa shape index (κ3) is 7.41. The number of benzene rings is 1. The predicted octanol–water partition coefficient (Wildman–Crippen LogP) is 5.62. The summed E-state index contributed by atoms with van der Waals surface area (Å²) in [6.07, 6.45) is 7.89. The third-order valence-electron chi connectivity index (χ3n) is 4.84. The first-order valence-electron chi connectivity index (χ1n) is 9.79. The molecule has 1 aromatic carbocycles. The van der Waals surface area contributed by atoms with E-state index in [0.29, 0.717) is 30.7 Å². The van der Waals surface area contributed by atoms with Crippen LogP contribution in [-0.2, 0) is 22.3 Å². The van der Waals surface area contributed by atoms with Gasteiger partial charge in [0.15, 0.2) is 6.29 Å². The van der Waals surface area contributed by atoms with Crippen LogP contribution >= 0.6 is 0 Å². The standard InChI is InChI=1S/C21H32F2O2/c1-2-7-18-15-24-21(25-16-18)10-4-3-8-17-11-12-19(20(23)14-17)9-5-6-13-22/h11-12,14,18,21H,2-10,13,15-16H2,1H3. The van der Waals surface area contributed by atoms with E-state index in [1.807, 2.05) is 12.1 Å². The van der Waals surface area contributed by atoms with Crippen LogP contribution in [0.15, 0.2) is 18.2 Å². The smallest absolute Gasteiger partial charge is 0.157 e. The van der Waals surface area contributed by atoms with Crippen molar-refractivity contribution in [2.24, 2.45) is 5.92 Å². The Kier molecular flexibility index (Phi) is 9.41. The zero-order chi connectivity index (χ0) is 17.9. The molecule has 4 heteroatoms. The van der Waals surface area contributed by atoms with Crippen molar-refractivity contribution in [2.45, 2.75) is 71.0 Å². The van der Waals surface area contributed by atoms with E-state index in [-0.39, 0.29) is 18.8 Å². The van der Waals surface area contributed by atoms with Gasteiger partial charge in [-0.1, -0.05) is 25.5 Å². The molecule has 1 saturated heterocycles. The molecule has 1 heterocycles. The Morgan fingerprint density at radius 3 is 2.44 bits per heavy atom. The van der Waals surface area contributed by atoms with Crippen molar-refractivity contribution in [3.05, 3.63) is 35.1 Å². The molecule has 0 amide bonds. The highest BCUT2D eigenvalue weighted by atomic mass is 19.1. The van der Waals surface area contributed by atoms with Gasteiger partial charge in [0, 0.05) is 5.92 Å². The zero-order valence-electron chi connectivity index (χ0n) is 15.4. The number of aryl methyl sites for hydroxylation is 2. The number of unbranched alkanes of at least 4 members (excludes halogenated alkanes) is 2. The maximum atomic E-state index is 14.0. The van der Waals surface area contributed by atoms with Crippen LogP contribution in [0.25, 0.3) is 0 Å². The Morgan fingerprint density at radius 1 is 1.00 bits per heavy atom. The normalized spacial score (nSPS) is 20.8. The van der Waals surface area contributed by atoms with E-state index in [1.54, 1.807) is 6.07 Å². The minimum absolute atomic E-state index is 0.0669. The fourth-order valence-electron chi connectivity index (χ4n) is 3.32. The van der Waals surface area contributed by atoms with Crippen LogP contribution < -0.4 is 0 Å². The first-order chi connectivity index (χ1) is 12.2. The second-order valence-corrected chi connectivity index (χ2v) is 7.07. The largest absolute Gasteiger partial charge is 0.352 e. The van der Waals surface area contributed by atoms with Gasteiger partial charge >= 0.3 is 0 Å². The van der Waals surface area contributed by atoms with E-state index in [1.165, 1.54) is 12.8 Å². The average molecular weight is 354 g/mol. The molecule has 0 spiro atoms. The van der Waals surface area contributed by atoms with Gasteiger partial charge in [-0.15, -0.1) is 0 Å². The highest BCUT2D eigenvalue weighted by Gasteiger charge is 2.21. The van der Waals surface area contributed by atoms with Gasteiger partial charge in [0.2, 0.25) is 0 Å². The molecule has 0 aliphatic carbocycles. The summed E-state index contributed by atoms with van der Waals surface area (Å²) >= 11 is 0. The molecule has 0 aromatic heterocycles. The summed E-state index contributed by atoms with van der Waals surface area (Å²) in [7, 11) is 0. The van der Waals surface area contributed by atoms with Crippen molar-refractivity contribution in [3.63, 3.8) is 0 Å². The molecule has 2 rings (SSSR count). The summed E-state index contributed by atoms with van der Waals surface area (Å²) < 4.78 is 37.7. The van der Waals surface area contributed by atoms with Gasteiger partial charge in [0.1, 0.15) is 5.82 Å². The number of halogens is 2. The molecule has 1 aromatic rings. The van der Waals surface area contributed by atoms with Crippen molar-refractivity contribution >= 4 is 0 Å². The van der Waals surface area contributed by atoms with Crippen LogP contribution in [0.1, 0.15) is 63.0 Å². The second kappa shape index (κ2) is 11.6. The third-order valence-corrected chi connectivity index (χ3v) is 4.84. The van der Waals surface area contributed by atoms with E-state index in [2.05, 4.69) is 6.92 Å². The van der Waals surface area contributed by atoms with Gasteiger partial charge in [0.05, 0.1) is 19.9 Å². The van der Waals surface area contributed by atoms with E-state index >= 15 is 0 Å². The van der Waals surface area contributed by atoms with Crippen LogP contribution in [0.5, 0.6) is 0 Å². The molecule has 2 nitrogen and oxygen atoms in total. The Hall–Kier alpha value is -1.00. The van der Waals surface area contributed by atoms with Crippen molar-refractivity contribution in [2.75, 3.05) is 19.9 Å². The van der Waals surface area contributed by atoms with Crippen molar-refractivity contribution in [1.82, 2.24) is 0 Å². The number of hydrogen-bond donors (Lipinski definition) is 0. The average Bonchev–Trinajstić information content (AvgIpc) is 2.62. The summed E-state index contributed by atoms with van der Waals surface area (Å²) in [4.78, 5) is 0. The highest BCUT2D eigenvalue weighted by Crippen LogP contribution is 2.20. The lowest BCUT2D eigenvalue weighted by Gasteiger charge is -2.29. The monoisotopic (exact) mass is 354 g/mol. The molecule has 1 aliphatic rings. The summed E-state index contributed by atoms with van der Waals surface area (Å²) in [6, 6.07) is 5.48. The molecule has 0 saturated carbocycles. The Balaban J connectivity index is 1.62. The quantitative estimate of drug-likeness (QED) is 0.480. The molecular weight excluding hydrogens is 322 g/mol. The van der Waals surface area contributed by atoms with E-state index in [0.717, 1.165) is 44.5 Å². The second-order valence-electron chi connectivity index (χ2n) is 7.07. The molecule has 142 valence electrons. The first kappa shape index (κ1) is 20.3. The fraction of sp³-hybridized carbons (Fsp3) is 0.714. The minimum atomic E-state index is -0.326. The maximum Gasteiger partial charge on any atom is 0.157 e. The van der Waals surface area contributed by atoms with Crippen LogP contribution in [0.3, 0.4) is 0 Å². The van der Waals surface area contributed by atoms with Crippen molar-refractivity contribution in [3.8, 4) is 0 Å². The SMILES string of the molecule is CCCC1COC(CCCCc2ccc(CCCCF)c(F)c2)OC1. The summed E-state index contributed by atoms with van der Waals surface area (Å²) in [5, 5.41) is 0. The van der Waals surface area contributed by atoms with Gasteiger partial charge in [-0.2, -0.15) is 0 Å². The van der Waals surface area contributed by atoms with Gasteiger partial charge in [-0.3, -0.25) is 4.39 Å². The van der Waals surface area contributed by atoms with Crippen LogP contribution in [0.2, 0.25) is 0 Å². The van der Waals surface area contributed by atoms with Gasteiger partial charge in [0.25, 0.3) is 0 Å². The lowest BCUT2D eigenvalue weighted by atomic mass is 10.0. The maximum absolute atomic E-state index is 14.0. The van der Waals surface area contributed by atoms with E-state index < -0.39 is 0 Å². The molecule has 1 aliphatic heterocycles. The number of ether oxygens (including phenoxy) is 2. The fourth-order valence-corrected chi connectivity index (χ4v) is 3.32. The summed E-state index contributed by atoms with van der Waals surface area (Å²) in [6.45, 7) is 3.49. The molecule has 0 unspecified atom stereocenters. The number of alkyl halides is 1. The van der Waals surface area contributed by atoms with Crippen molar-refractivity contribution < 1.29 is 18.3 Å². The Bertz CT molecular complexity index is 485. The van der Waals surface area contributed by atoms with Crippen LogP contribution in [0.4, 0.5) is 8.78 Å². The number of hydrogen-bond acceptors (Lipinski definition) is 2. The van der Waals surface area contributed by atoms with Gasteiger partial charge < -0.3 is 9.47 Å². The molecule has 0 radical (unpaired) electrons. The van der Waals surface area contributed by atoms with E-state index in [4.69, 9.17) is 9.47 Å². The minimum Gasteiger partial charge on any atom is -0.352 e. The topological polar surface area (TPSA) is 18.5 Å². The predicted molar refractivity (Wildman–Crippen MR) is 97.0 cm³/mol. The Morgan fingerprint density at radius 2 is 1.76 bits per heavy atom. The summed E-state index contributed by atoms with van der Waals surface area (Å²) in [5.41, 5.74) is 1.73. The number of rotatable bonds is 11. The molecule has 25 heavy (non-hydrogen) atoms. The lowest BCUT2D eigenvalue weighted by Crippen LogP contribution is -2.31. The molecule has 0 atom stereocenters. The van der Waals surface area contributed by atoms with Gasteiger partial charge in [-0.25, -0.2) is 4.39 Å². The van der Waals surface area contributed by atoms with Crippen LogP contribution in [-0.4, -0.2) is 26.2 Å². The molecule has 0 bridgehead atoms. The van der Waals surface area contributed by atoms with E-state index in [9.17, 15) is 8.78 Å². The van der Waals surface area contributed by atoms with Crippen molar-refractivity contribution in [1.29, 1.82) is 0 Å². The highest BCUT2D eigenvalue weighted by molar-refractivity contribution is 5.24. The Labute approximate surface area is 150 Å². The zero-order valence-corrected chi connectivity index (χ0v) is 15.4.